The number of aromatic nitrogens is 1. The van der Waals surface area contributed by atoms with Crippen LogP contribution in [0.15, 0.2) is 0 Å². The molecule has 0 aliphatic heterocycles. The van der Waals surface area contributed by atoms with E-state index in [9.17, 15) is 9.59 Å². The Bertz CT molecular complexity index is 428. The van der Waals surface area contributed by atoms with Crippen molar-refractivity contribution >= 4 is 23.2 Å². The van der Waals surface area contributed by atoms with E-state index in [1.54, 1.807) is 6.92 Å². The third kappa shape index (κ3) is 3.81. The maximum atomic E-state index is 11.6. The summed E-state index contributed by atoms with van der Waals surface area (Å²) < 4.78 is 0. The Morgan fingerprint density at radius 2 is 2.18 bits per heavy atom. The number of carboxylic acids is 1. The fraction of sp³-hybridized carbons (Fsp3) is 0.545. The summed E-state index contributed by atoms with van der Waals surface area (Å²) >= 11 is 1.06. The van der Waals surface area contributed by atoms with Gasteiger partial charge in [0, 0.05) is 6.04 Å². The second-order valence-corrected chi connectivity index (χ2v) is 4.96. The van der Waals surface area contributed by atoms with Gasteiger partial charge in [-0.15, -0.1) is 11.3 Å². The molecular weight excluding hydrogens is 240 g/mol. The van der Waals surface area contributed by atoms with Gasteiger partial charge in [0.15, 0.2) is 0 Å². The van der Waals surface area contributed by atoms with E-state index in [4.69, 9.17) is 5.11 Å². The number of nitrogens with one attached hydrogen (secondary N) is 1. The van der Waals surface area contributed by atoms with Crippen LogP contribution >= 0.6 is 11.3 Å². The van der Waals surface area contributed by atoms with E-state index in [0.29, 0.717) is 10.7 Å². The largest absolute Gasteiger partial charge is 0.477 e. The Balaban J connectivity index is 2.66. The van der Waals surface area contributed by atoms with Gasteiger partial charge in [0.25, 0.3) is 0 Å². The van der Waals surface area contributed by atoms with Crippen LogP contribution in [0.5, 0.6) is 0 Å². The number of nitrogens with zero attached hydrogens (tertiary/aromatic N) is 1. The van der Waals surface area contributed by atoms with Crippen molar-refractivity contribution in [3.05, 3.63) is 15.6 Å². The van der Waals surface area contributed by atoms with Gasteiger partial charge < -0.3 is 10.4 Å². The van der Waals surface area contributed by atoms with Gasteiger partial charge in [-0.3, -0.25) is 4.79 Å². The van der Waals surface area contributed by atoms with Gasteiger partial charge in [0.2, 0.25) is 5.91 Å². The SMILES string of the molecule is CCC(C)NC(=O)Cc1nc(C)c(C(=O)O)s1. The third-order valence-electron chi connectivity index (χ3n) is 2.37. The topological polar surface area (TPSA) is 79.3 Å². The minimum Gasteiger partial charge on any atom is -0.477 e. The highest BCUT2D eigenvalue weighted by atomic mass is 32.1. The first-order valence-corrected chi connectivity index (χ1v) is 6.24. The number of aryl methyl sites for hydroxylation is 1. The van der Waals surface area contributed by atoms with Crippen LogP contribution in [0.1, 0.15) is 40.6 Å². The number of carbonyl (C=O) groups is 2. The number of amides is 1. The van der Waals surface area contributed by atoms with Crippen molar-refractivity contribution in [2.24, 2.45) is 0 Å². The summed E-state index contributed by atoms with van der Waals surface area (Å²) in [6.07, 6.45) is 1.01. The van der Waals surface area contributed by atoms with E-state index in [1.165, 1.54) is 0 Å². The molecule has 0 spiro atoms. The zero-order chi connectivity index (χ0) is 13.0. The van der Waals surface area contributed by atoms with Crippen molar-refractivity contribution in [3.63, 3.8) is 0 Å². The molecule has 0 saturated heterocycles. The molecule has 5 nitrogen and oxygen atoms in total. The van der Waals surface area contributed by atoms with Gasteiger partial charge in [-0.1, -0.05) is 6.92 Å². The number of rotatable bonds is 5. The van der Waals surface area contributed by atoms with E-state index in [-0.39, 0.29) is 23.2 Å². The van der Waals surface area contributed by atoms with Crippen LogP contribution in [-0.4, -0.2) is 28.0 Å². The lowest BCUT2D eigenvalue weighted by Crippen LogP contribution is -2.33. The molecule has 1 rings (SSSR count). The number of thiazole rings is 1. The number of carbonyl (C=O) groups excluding carboxylic acids is 1. The first-order valence-electron chi connectivity index (χ1n) is 5.43. The van der Waals surface area contributed by atoms with Crippen LogP contribution in [0.3, 0.4) is 0 Å². The molecule has 17 heavy (non-hydrogen) atoms. The molecule has 1 atom stereocenters. The van der Waals surface area contributed by atoms with Crippen LogP contribution in [-0.2, 0) is 11.2 Å². The standard InChI is InChI=1S/C11H16N2O3S/c1-4-6(2)12-8(14)5-9-13-7(3)10(17-9)11(15)16/h6H,4-5H2,1-3H3,(H,12,14)(H,15,16). The Hall–Kier alpha value is -1.43. The summed E-state index contributed by atoms with van der Waals surface area (Å²) in [5.41, 5.74) is 0.467. The van der Waals surface area contributed by atoms with Crippen molar-refractivity contribution in [2.75, 3.05) is 0 Å². The monoisotopic (exact) mass is 256 g/mol. The van der Waals surface area contributed by atoms with E-state index >= 15 is 0 Å². The lowest BCUT2D eigenvalue weighted by molar-refractivity contribution is -0.121. The molecule has 2 N–H and O–H groups in total. The summed E-state index contributed by atoms with van der Waals surface area (Å²) in [6, 6.07) is 0.127. The highest BCUT2D eigenvalue weighted by molar-refractivity contribution is 7.13. The van der Waals surface area contributed by atoms with Crippen LogP contribution in [0.2, 0.25) is 0 Å². The molecule has 6 heteroatoms. The first kappa shape index (κ1) is 13.6. The molecule has 0 aromatic carbocycles. The Kier molecular flexibility index (Phi) is 4.62. The molecule has 1 aromatic heterocycles. The van der Waals surface area contributed by atoms with Gasteiger partial charge in [-0.2, -0.15) is 0 Å². The van der Waals surface area contributed by atoms with Crippen LogP contribution in [0, 0.1) is 6.92 Å². The molecule has 0 aliphatic rings. The molecule has 0 saturated carbocycles. The van der Waals surface area contributed by atoms with Gasteiger partial charge in [0.1, 0.15) is 9.88 Å². The molecule has 1 amide bonds. The molecule has 1 unspecified atom stereocenters. The second-order valence-electron chi connectivity index (χ2n) is 3.88. The minimum absolute atomic E-state index is 0.120. The average molecular weight is 256 g/mol. The number of aromatic carboxylic acids is 1. The maximum absolute atomic E-state index is 11.6. The van der Waals surface area contributed by atoms with Gasteiger partial charge >= 0.3 is 5.97 Å². The predicted molar refractivity (Wildman–Crippen MR) is 65.4 cm³/mol. The van der Waals surface area contributed by atoms with Gasteiger partial charge in [-0.05, 0) is 20.3 Å². The van der Waals surface area contributed by atoms with Crippen LogP contribution in [0.4, 0.5) is 0 Å². The molecule has 1 aromatic rings. The fourth-order valence-corrected chi connectivity index (χ4v) is 2.19. The quantitative estimate of drug-likeness (QED) is 0.838. The van der Waals surface area contributed by atoms with Crippen LogP contribution in [0.25, 0.3) is 0 Å². The normalized spacial score (nSPS) is 12.2. The summed E-state index contributed by atoms with van der Waals surface area (Å²) in [5.74, 6) is -1.11. The Morgan fingerprint density at radius 3 is 2.65 bits per heavy atom. The summed E-state index contributed by atoms with van der Waals surface area (Å²) in [4.78, 5) is 26.7. The molecule has 0 bridgehead atoms. The van der Waals surface area contributed by atoms with Crippen molar-refractivity contribution in [3.8, 4) is 0 Å². The maximum Gasteiger partial charge on any atom is 0.347 e. The van der Waals surface area contributed by atoms with E-state index in [0.717, 1.165) is 17.8 Å². The number of hydrogen-bond donors (Lipinski definition) is 2. The Labute approximate surface area is 104 Å². The molecule has 0 aliphatic carbocycles. The lowest BCUT2D eigenvalue weighted by atomic mass is 10.2. The summed E-state index contributed by atoms with van der Waals surface area (Å²) in [5, 5.41) is 12.2. The molecule has 0 fully saturated rings. The van der Waals surface area contributed by atoms with E-state index < -0.39 is 5.97 Å². The predicted octanol–water partition coefficient (Wildman–Crippen LogP) is 1.61. The third-order valence-corrected chi connectivity index (χ3v) is 3.51. The Morgan fingerprint density at radius 1 is 1.53 bits per heavy atom. The summed E-state index contributed by atoms with van der Waals surface area (Å²) in [6.45, 7) is 5.55. The highest BCUT2D eigenvalue weighted by Gasteiger charge is 2.16. The van der Waals surface area contributed by atoms with Crippen molar-refractivity contribution in [1.82, 2.24) is 10.3 Å². The number of hydrogen-bond acceptors (Lipinski definition) is 4. The van der Waals surface area contributed by atoms with Crippen molar-refractivity contribution in [1.29, 1.82) is 0 Å². The van der Waals surface area contributed by atoms with E-state index in [1.807, 2.05) is 13.8 Å². The first-order chi connectivity index (χ1) is 7.93. The fourth-order valence-electron chi connectivity index (χ4n) is 1.29. The zero-order valence-corrected chi connectivity index (χ0v) is 10.9. The lowest BCUT2D eigenvalue weighted by Gasteiger charge is -2.09. The molecule has 1 heterocycles. The van der Waals surface area contributed by atoms with Crippen LogP contribution < -0.4 is 5.32 Å². The minimum atomic E-state index is -0.992. The van der Waals surface area contributed by atoms with Crippen molar-refractivity contribution < 1.29 is 14.7 Å². The van der Waals surface area contributed by atoms with E-state index in [2.05, 4.69) is 10.3 Å². The molecule has 94 valence electrons. The van der Waals surface area contributed by atoms with Gasteiger partial charge in [-0.25, -0.2) is 9.78 Å². The highest BCUT2D eigenvalue weighted by Crippen LogP contribution is 2.18. The smallest absolute Gasteiger partial charge is 0.347 e. The van der Waals surface area contributed by atoms with Gasteiger partial charge in [0.05, 0.1) is 12.1 Å². The summed E-state index contributed by atoms with van der Waals surface area (Å²) in [7, 11) is 0. The second kappa shape index (κ2) is 5.77. The molecule has 0 radical (unpaired) electrons. The molecular formula is C11H16N2O3S. The number of carboxylic acid groups (broad SMARTS) is 1. The zero-order valence-electron chi connectivity index (χ0n) is 10.1. The van der Waals surface area contributed by atoms with Crippen molar-refractivity contribution in [2.45, 2.75) is 39.7 Å². The average Bonchev–Trinajstić information content (AvgIpc) is 2.59.